The number of carbonyl (C=O) groups excluding carboxylic acids is 1. The molecule has 0 spiro atoms. The van der Waals surface area contributed by atoms with Gasteiger partial charge < -0.3 is 20.1 Å². The first-order valence-corrected chi connectivity index (χ1v) is 8.83. The van der Waals surface area contributed by atoms with Gasteiger partial charge in [0.25, 0.3) is 5.91 Å². The van der Waals surface area contributed by atoms with Crippen LogP contribution in [0.2, 0.25) is 0 Å². The van der Waals surface area contributed by atoms with Crippen molar-refractivity contribution in [2.45, 2.75) is 13.8 Å². The molecular weight excluding hydrogens is 354 g/mol. The topological polar surface area (TPSA) is 72.5 Å². The molecule has 0 bridgehead atoms. The summed E-state index contributed by atoms with van der Waals surface area (Å²) in [6.07, 6.45) is 1.53. The van der Waals surface area contributed by atoms with Crippen molar-refractivity contribution < 1.29 is 14.3 Å². The molecule has 144 valence electrons. The van der Waals surface area contributed by atoms with Crippen LogP contribution >= 0.6 is 0 Å². The average molecular weight is 377 g/mol. The fourth-order valence-electron chi connectivity index (χ4n) is 2.90. The summed E-state index contributed by atoms with van der Waals surface area (Å²) in [6, 6.07) is 14.8. The third kappa shape index (κ3) is 4.59. The van der Waals surface area contributed by atoms with E-state index in [1.54, 1.807) is 26.4 Å². The SMILES string of the molecule is COc1ccc(OC)c(Nc2ccc(C(=O)Nc3cc(C)cc(C)c3)cn2)c1. The molecular formula is C22H23N3O3. The lowest BCUT2D eigenvalue weighted by Crippen LogP contribution is -2.12. The minimum atomic E-state index is -0.206. The molecule has 0 aliphatic carbocycles. The van der Waals surface area contributed by atoms with Gasteiger partial charge in [0.1, 0.15) is 17.3 Å². The number of amides is 1. The van der Waals surface area contributed by atoms with Crippen molar-refractivity contribution in [1.29, 1.82) is 0 Å². The second kappa shape index (κ2) is 8.43. The van der Waals surface area contributed by atoms with Crippen LogP contribution in [0, 0.1) is 13.8 Å². The number of nitrogens with one attached hydrogen (secondary N) is 2. The second-order valence-corrected chi connectivity index (χ2v) is 6.45. The molecule has 0 aliphatic rings. The highest BCUT2D eigenvalue weighted by molar-refractivity contribution is 6.04. The fourth-order valence-corrected chi connectivity index (χ4v) is 2.90. The van der Waals surface area contributed by atoms with E-state index in [1.807, 2.05) is 44.2 Å². The molecule has 0 fully saturated rings. The van der Waals surface area contributed by atoms with Crippen LogP contribution in [0.15, 0.2) is 54.7 Å². The maximum atomic E-state index is 12.5. The van der Waals surface area contributed by atoms with Crippen molar-refractivity contribution in [2.24, 2.45) is 0 Å². The number of ether oxygens (including phenoxy) is 2. The van der Waals surface area contributed by atoms with Crippen LogP contribution in [0.1, 0.15) is 21.5 Å². The Bertz CT molecular complexity index is 965. The number of methoxy groups -OCH3 is 2. The van der Waals surface area contributed by atoms with Gasteiger partial charge in [-0.3, -0.25) is 4.79 Å². The summed E-state index contributed by atoms with van der Waals surface area (Å²) >= 11 is 0. The predicted octanol–water partition coefficient (Wildman–Crippen LogP) is 4.71. The smallest absolute Gasteiger partial charge is 0.257 e. The van der Waals surface area contributed by atoms with Crippen LogP contribution < -0.4 is 20.1 Å². The van der Waals surface area contributed by atoms with Crippen molar-refractivity contribution in [2.75, 3.05) is 24.9 Å². The highest BCUT2D eigenvalue weighted by Crippen LogP contribution is 2.31. The number of nitrogens with zero attached hydrogens (tertiary/aromatic N) is 1. The normalized spacial score (nSPS) is 10.3. The van der Waals surface area contributed by atoms with Crippen LogP contribution in [0.4, 0.5) is 17.2 Å². The summed E-state index contributed by atoms with van der Waals surface area (Å²) in [5, 5.41) is 6.09. The van der Waals surface area contributed by atoms with Crippen molar-refractivity contribution >= 4 is 23.1 Å². The summed E-state index contributed by atoms with van der Waals surface area (Å²) < 4.78 is 10.6. The Hall–Kier alpha value is -3.54. The van der Waals surface area contributed by atoms with Crippen molar-refractivity contribution in [3.05, 3.63) is 71.4 Å². The van der Waals surface area contributed by atoms with E-state index in [2.05, 4.69) is 21.7 Å². The first-order chi connectivity index (χ1) is 13.5. The summed E-state index contributed by atoms with van der Waals surface area (Å²) in [5.74, 6) is 1.75. The molecule has 1 aromatic heterocycles. The van der Waals surface area contributed by atoms with Gasteiger partial charge in [0.15, 0.2) is 0 Å². The first-order valence-electron chi connectivity index (χ1n) is 8.83. The molecule has 1 heterocycles. The van der Waals surface area contributed by atoms with E-state index in [0.29, 0.717) is 22.9 Å². The monoisotopic (exact) mass is 377 g/mol. The van der Waals surface area contributed by atoms with Crippen LogP contribution in [0.3, 0.4) is 0 Å². The Morgan fingerprint density at radius 3 is 2.29 bits per heavy atom. The number of anilines is 3. The number of aromatic nitrogens is 1. The molecule has 3 rings (SSSR count). The first kappa shape index (κ1) is 19.2. The molecule has 0 saturated heterocycles. The largest absolute Gasteiger partial charge is 0.497 e. The number of benzene rings is 2. The van der Waals surface area contributed by atoms with E-state index in [-0.39, 0.29) is 5.91 Å². The minimum absolute atomic E-state index is 0.206. The molecule has 2 N–H and O–H groups in total. The lowest BCUT2D eigenvalue weighted by molar-refractivity contribution is 0.102. The molecule has 0 atom stereocenters. The van der Waals surface area contributed by atoms with Crippen LogP contribution in [-0.4, -0.2) is 25.1 Å². The van der Waals surface area contributed by atoms with Crippen LogP contribution in [0.5, 0.6) is 11.5 Å². The molecule has 0 radical (unpaired) electrons. The Labute approximate surface area is 164 Å². The zero-order valence-corrected chi connectivity index (χ0v) is 16.4. The quantitative estimate of drug-likeness (QED) is 0.651. The lowest BCUT2D eigenvalue weighted by atomic mass is 10.1. The highest BCUT2D eigenvalue weighted by atomic mass is 16.5. The number of aryl methyl sites for hydroxylation is 2. The molecule has 28 heavy (non-hydrogen) atoms. The highest BCUT2D eigenvalue weighted by Gasteiger charge is 2.10. The zero-order chi connectivity index (χ0) is 20.1. The van der Waals surface area contributed by atoms with Gasteiger partial charge in [-0.25, -0.2) is 4.98 Å². The van der Waals surface area contributed by atoms with E-state index in [9.17, 15) is 4.79 Å². The lowest BCUT2D eigenvalue weighted by Gasteiger charge is -2.12. The average Bonchev–Trinajstić information content (AvgIpc) is 2.67. The Morgan fingerprint density at radius 1 is 0.929 bits per heavy atom. The molecule has 2 aromatic carbocycles. The Morgan fingerprint density at radius 2 is 1.68 bits per heavy atom. The zero-order valence-electron chi connectivity index (χ0n) is 16.4. The van der Waals surface area contributed by atoms with Gasteiger partial charge in [-0.1, -0.05) is 6.07 Å². The Kier molecular flexibility index (Phi) is 5.79. The molecule has 3 aromatic rings. The second-order valence-electron chi connectivity index (χ2n) is 6.45. The third-order valence-corrected chi connectivity index (χ3v) is 4.17. The third-order valence-electron chi connectivity index (χ3n) is 4.17. The van der Waals surface area contributed by atoms with Gasteiger partial charge in [-0.15, -0.1) is 0 Å². The number of pyridine rings is 1. The van der Waals surface area contributed by atoms with Crippen molar-refractivity contribution in [3.63, 3.8) is 0 Å². The van der Waals surface area contributed by atoms with E-state index in [1.165, 1.54) is 6.20 Å². The van der Waals surface area contributed by atoms with Crippen LogP contribution in [-0.2, 0) is 0 Å². The van der Waals surface area contributed by atoms with Crippen molar-refractivity contribution in [1.82, 2.24) is 4.98 Å². The summed E-state index contributed by atoms with van der Waals surface area (Å²) in [6.45, 7) is 4.00. The molecule has 6 nitrogen and oxygen atoms in total. The standard InChI is InChI=1S/C22H23N3O3/c1-14-9-15(2)11-17(10-14)24-22(26)16-5-8-21(23-13-16)25-19-12-18(27-3)6-7-20(19)28-4/h5-13H,1-4H3,(H,23,25)(H,24,26). The maximum absolute atomic E-state index is 12.5. The van der Waals surface area contributed by atoms with Crippen LogP contribution in [0.25, 0.3) is 0 Å². The van der Waals surface area contributed by atoms with Gasteiger partial charge in [0.05, 0.1) is 25.5 Å². The van der Waals surface area contributed by atoms with Gasteiger partial charge in [0.2, 0.25) is 0 Å². The van der Waals surface area contributed by atoms with E-state index >= 15 is 0 Å². The molecule has 0 unspecified atom stereocenters. The maximum Gasteiger partial charge on any atom is 0.257 e. The predicted molar refractivity (Wildman–Crippen MR) is 111 cm³/mol. The number of carbonyl (C=O) groups is 1. The minimum Gasteiger partial charge on any atom is -0.497 e. The molecule has 6 heteroatoms. The van der Waals surface area contributed by atoms with E-state index in [4.69, 9.17) is 9.47 Å². The van der Waals surface area contributed by atoms with E-state index < -0.39 is 0 Å². The number of rotatable bonds is 6. The van der Waals surface area contributed by atoms with Crippen molar-refractivity contribution in [3.8, 4) is 11.5 Å². The van der Waals surface area contributed by atoms with Gasteiger partial charge in [-0.2, -0.15) is 0 Å². The van der Waals surface area contributed by atoms with E-state index in [0.717, 1.165) is 22.5 Å². The molecule has 1 amide bonds. The van der Waals surface area contributed by atoms with Gasteiger partial charge in [-0.05, 0) is 61.4 Å². The summed E-state index contributed by atoms with van der Waals surface area (Å²) in [5.41, 5.74) is 4.16. The summed E-state index contributed by atoms with van der Waals surface area (Å²) in [4.78, 5) is 16.8. The Balaban J connectivity index is 1.74. The van der Waals surface area contributed by atoms with Gasteiger partial charge in [0, 0.05) is 18.0 Å². The molecule has 0 saturated carbocycles. The number of hydrogen-bond donors (Lipinski definition) is 2. The fraction of sp³-hybridized carbons (Fsp3) is 0.182. The van der Waals surface area contributed by atoms with Gasteiger partial charge >= 0.3 is 0 Å². The molecule has 0 aliphatic heterocycles. The number of hydrogen-bond acceptors (Lipinski definition) is 5. The summed E-state index contributed by atoms with van der Waals surface area (Å²) in [7, 11) is 3.20.